The lowest BCUT2D eigenvalue weighted by atomic mass is 10.0. The fourth-order valence-electron chi connectivity index (χ4n) is 3.63. The molecule has 3 aromatic heterocycles. The van der Waals surface area contributed by atoms with Crippen molar-refractivity contribution in [2.75, 3.05) is 38.6 Å². The standard InChI is InChI=1S/C21H22N6OS/c22-20-15(21-25-18-3-1-2-4-19(18)29-21)11-14(12-23-20)16-13-24-26-17(16)5-6-27-7-9-28-10-8-27/h1-4,11-13H,5-10H2,(H2,22,23)(H,24,26). The molecule has 0 spiro atoms. The Morgan fingerprint density at radius 2 is 2.00 bits per heavy atom. The molecule has 1 aliphatic rings. The SMILES string of the molecule is Nc1ncc(-c2cn[nH]c2CCN2CCOCC2)cc1-c1nc2ccccc2s1. The number of thiazole rings is 1. The minimum atomic E-state index is 0.492. The molecule has 1 aliphatic heterocycles. The number of nitrogens with zero attached hydrogens (tertiary/aromatic N) is 4. The van der Waals surface area contributed by atoms with Crippen molar-refractivity contribution in [3.05, 3.63) is 48.4 Å². The van der Waals surface area contributed by atoms with Gasteiger partial charge in [-0.15, -0.1) is 11.3 Å². The Labute approximate surface area is 172 Å². The summed E-state index contributed by atoms with van der Waals surface area (Å²) in [5.41, 5.74) is 11.2. The summed E-state index contributed by atoms with van der Waals surface area (Å²) >= 11 is 1.63. The van der Waals surface area contributed by atoms with E-state index in [0.717, 1.165) is 76.9 Å². The van der Waals surface area contributed by atoms with Crippen molar-refractivity contribution in [2.45, 2.75) is 6.42 Å². The van der Waals surface area contributed by atoms with Crippen molar-refractivity contribution in [3.8, 4) is 21.7 Å². The van der Waals surface area contributed by atoms with Gasteiger partial charge in [0.15, 0.2) is 0 Å². The van der Waals surface area contributed by atoms with E-state index >= 15 is 0 Å². The van der Waals surface area contributed by atoms with E-state index in [1.54, 1.807) is 11.3 Å². The molecule has 5 rings (SSSR count). The van der Waals surface area contributed by atoms with Crippen molar-refractivity contribution in [1.82, 2.24) is 25.1 Å². The minimum Gasteiger partial charge on any atom is -0.383 e. The highest BCUT2D eigenvalue weighted by Gasteiger charge is 2.16. The summed E-state index contributed by atoms with van der Waals surface area (Å²) in [6.07, 6.45) is 4.58. The molecule has 29 heavy (non-hydrogen) atoms. The number of morpholine rings is 1. The van der Waals surface area contributed by atoms with Gasteiger partial charge in [-0.05, 0) is 18.2 Å². The van der Waals surface area contributed by atoms with Crippen LogP contribution in [0.15, 0.2) is 42.7 Å². The summed E-state index contributed by atoms with van der Waals surface area (Å²) < 4.78 is 6.57. The van der Waals surface area contributed by atoms with Crippen molar-refractivity contribution in [1.29, 1.82) is 0 Å². The van der Waals surface area contributed by atoms with Crippen molar-refractivity contribution < 1.29 is 4.74 Å². The molecular weight excluding hydrogens is 384 g/mol. The van der Waals surface area contributed by atoms with E-state index in [4.69, 9.17) is 15.5 Å². The predicted octanol–water partition coefficient (Wildman–Crippen LogP) is 3.21. The van der Waals surface area contributed by atoms with Gasteiger partial charge in [-0.25, -0.2) is 9.97 Å². The normalized spacial score (nSPS) is 15.2. The van der Waals surface area contributed by atoms with Crippen LogP contribution in [0.25, 0.3) is 31.9 Å². The summed E-state index contributed by atoms with van der Waals surface area (Å²) in [6, 6.07) is 10.2. The summed E-state index contributed by atoms with van der Waals surface area (Å²) in [5.74, 6) is 0.492. The molecule has 148 valence electrons. The Bertz CT molecular complexity index is 1100. The molecule has 0 radical (unpaired) electrons. The first-order valence-corrected chi connectivity index (χ1v) is 10.5. The Morgan fingerprint density at radius 1 is 1.14 bits per heavy atom. The van der Waals surface area contributed by atoms with Crippen LogP contribution in [-0.4, -0.2) is 57.9 Å². The smallest absolute Gasteiger partial charge is 0.133 e. The molecule has 0 unspecified atom stereocenters. The van der Waals surface area contributed by atoms with E-state index in [1.807, 2.05) is 30.6 Å². The first-order valence-electron chi connectivity index (χ1n) is 9.72. The monoisotopic (exact) mass is 406 g/mol. The number of rotatable bonds is 5. The number of hydrogen-bond acceptors (Lipinski definition) is 7. The molecule has 0 bridgehead atoms. The number of fused-ring (bicyclic) bond motifs is 1. The summed E-state index contributed by atoms with van der Waals surface area (Å²) in [6.45, 7) is 4.56. The maximum absolute atomic E-state index is 6.20. The zero-order chi connectivity index (χ0) is 19.6. The number of anilines is 1. The summed E-state index contributed by atoms with van der Waals surface area (Å²) in [5, 5.41) is 8.33. The van der Waals surface area contributed by atoms with E-state index in [2.05, 4.69) is 32.2 Å². The van der Waals surface area contributed by atoms with Crippen LogP contribution in [0.5, 0.6) is 0 Å². The summed E-state index contributed by atoms with van der Waals surface area (Å²) in [4.78, 5) is 11.6. The van der Waals surface area contributed by atoms with Crippen LogP contribution in [0.2, 0.25) is 0 Å². The van der Waals surface area contributed by atoms with Crippen molar-refractivity contribution in [2.24, 2.45) is 0 Å². The maximum atomic E-state index is 6.20. The number of para-hydroxylation sites is 1. The molecule has 3 N–H and O–H groups in total. The number of ether oxygens (including phenoxy) is 1. The Balaban J connectivity index is 1.43. The van der Waals surface area contributed by atoms with E-state index < -0.39 is 0 Å². The Kier molecular flexibility index (Phi) is 4.97. The molecule has 0 saturated carbocycles. The number of H-pyrrole nitrogens is 1. The van der Waals surface area contributed by atoms with Gasteiger partial charge < -0.3 is 10.5 Å². The van der Waals surface area contributed by atoms with Crippen molar-refractivity contribution in [3.63, 3.8) is 0 Å². The molecule has 8 heteroatoms. The number of pyridine rings is 1. The van der Waals surface area contributed by atoms with Gasteiger partial charge in [0.05, 0.1) is 35.2 Å². The zero-order valence-electron chi connectivity index (χ0n) is 16.0. The third-order valence-corrected chi connectivity index (χ3v) is 6.32. The Hall–Kier alpha value is -2.81. The average molecular weight is 407 g/mol. The van der Waals surface area contributed by atoms with E-state index in [0.29, 0.717) is 5.82 Å². The van der Waals surface area contributed by atoms with Gasteiger partial charge in [0, 0.05) is 49.1 Å². The van der Waals surface area contributed by atoms with Crippen LogP contribution >= 0.6 is 11.3 Å². The molecule has 1 aromatic carbocycles. The second kappa shape index (κ2) is 7.90. The number of nitrogens with one attached hydrogen (secondary N) is 1. The number of aromatic nitrogens is 4. The van der Waals surface area contributed by atoms with E-state index in [9.17, 15) is 0 Å². The van der Waals surface area contributed by atoms with Gasteiger partial charge in [-0.2, -0.15) is 5.10 Å². The molecule has 1 saturated heterocycles. The lowest BCUT2D eigenvalue weighted by molar-refractivity contribution is 0.0383. The Morgan fingerprint density at radius 3 is 2.86 bits per heavy atom. The van der Waals surface area contributed by atoms with Gasteiger partial charge in [0.2, 0.25) is 0 Å². The van der Waals surface area contributed by atoms with Crippen LogP contribution < -0.4 is 5.73 Å². The fraction of sp³-hybridized carbons (Fsp3) is 0.286. The summed E-state index contributed by atoms with van der Waals surface area (Å²) in [7, 11) is 0. The van der Waals surface area contributed by atoms with Crippen LogP contribution in [0.4, 0.5) is 5.82 Å². The minimum absolute atomic E-state index is 0.492. The third kappa shape index (κ3) is 3.74. The van der Waals surface area contributed by atoms with E-state index in [1.165, 1.54) is 0 Å². The molecular formula is C21H22N6OS. The largest absolute Gasteiger partial charge is 0.383 e. The van der Waals surface area contributed by atoms with Crippen LogP contribution in [0, 0.1) is 0 Å². The highest BCUT2D eigenvalue weighted by Crippen LogP contribution is 2.35. The molecule has 0 aliphatic carbocycles. The van der Waals surface area contributed by atoms with Crippen molar-refractivity contribution >= 4 is 27.4 Å². The van der Waals surface area contributed by atoms with E-state index in [-0.39, 0.29) is 0 Å². The highest BCUT2D eigenvalue weighted by molar-refractivity contribution is 7.21. The molecule has 0 amide bonds. The zero-order valence-corrected chi connectivity index (χ0v) is 16.8. The topological polar surface area (TPSA) is 93.0 Å². The van der Waals surface area contributed by atoms with Gasteiger partial charge in [0.1, 0.15) is 10.8 Å². The van der Waals surface area contributed by atoms with Crippen LogP contribution in [0.3, 0.4) is 0 Å². The quantitative estimate of drug-likeness (QED) is 0.529. The molecule has 7 nitrogen and oxygen atoms in total. The average Bonchev–Trinajstić information content (AvgIpc) is 3.40. The number of nitrogen functional groups attached to an aromatic ring is 1. The number of aromatic amines is 1. The molecule has 0 atom stereocenters. The number of benzene rings is 1. The van der Waals surface area contributed by atoms with Crippen LogP contribution in [-0.2, 0) is 11.2 Å². The van der Waals surface area contributed by atoms with Crippen LogP contribution in [0.1, 0.15) is 5.69 Å². The number of hydrogen-bond donors (Lipinski definition) is 2. The first-order chi connectivity index (χ1) is 14.3. The van der Waals surface area contributed by atoms with Gasteiger partial charge in [-0.3, -0.25) is 10.00 Å². The first kappa shape index (κ1) is 18.2. The predicted molar refractivity (Wildman–Crippen MR) is 116 cm³/mol. The second-order valence-electron chi connectivity index (χ2n) is 7.11. The fourth-order valence-corrected chi connectivity index (χ4v) is 4.62. The van der Waals surface area contributed by atoms with Gasteiger partial charge >= 0.3 is 0 Å². The lowest BCUT2D eigenvalue weighted by Crippen LogP contribution is -2.37. The molecule has 1 fully saturated rings. The van der Waals surface area contributed by atoms with Gasteiger partial charge in [-0.1, -0.05) is 12.1 Å². The third-order valence-electron chi connectivity index (χ3n) is 5.25. The van der Waals surface area contributed by atoms with Gasteiger partial charge in [0.25, 0.3) is 0 Å². The molecule has 4 aromatic rings. The molecule has 4 heterocycles. The number of nitrogens with two attached hydrogens (primary N) is 1. The second-order valence-corrected chi connectivity index (χ2v) is 8.14. The highest BCUT2D eigenvalue weighted by atomic mass is 32.1. The maximum Gasteiger partial charge on any atom is 0.133 e. The lowest BCUT2D eigenvalue weighted by Gasteiger charge is -2.26.